The zero-order chi connectivity index (χ0) is 12.2. The van der Waals surface area contributed by atoms with Crippen molar-refractivity contribution >= 4 is 6.09 Å². The van der Waals surface area contributed by atoms with Crippen molar-refractivity contribution in [3.05, 3.63) is 0 Å². The molecule has 5 heteroatoms. The van der Waals surface area contributed by atoms with Crippen LogP contribution in [-0.4, -0.2) is 42.2 Å². The second-order valence-electron chi connectivity index (χ2n) is 5.04. The molecule has 2 N–H and O–H groups in total. The van der Waals surface area contributed by atoms with E-state index in [4.69, 9.17) is 14.6 Å². The highest BCUT2D eigenvalue weighted by atomic mass is 16.6. The van der Waals surface area contributed by atoms with Crippen molar-refractivity contribution in [2.45, 2.75) is 51.4 Å². The summed E-state index contributed by atoms with van der Waals surface area (Å²) in [5.74, 6) is 0. The Hall–Kier alpha value is -0.810. The fourth-order valence-corrected chi connectivity index (χ4v) is 1.61. The summed E-state index contributed by atoms with van der Waals surface area (Å²) in [6.45, 7) is 6.03. The maximum Gasteiger partial charge on any atom is 0.407 e. The van der Waals surface area contributed by atoms with Crippen molar-refractivity contribution in [1.82, 2.24) is 5.32 Å². The van der Waals surface area contributed by atoms with Crippen LogP contribution in [0.4, 0.5) is 4.79 Å². The van der Waals surface area contributed by atoms with E-state index in [0.29, 0.717) is 13.0 Å². The number of amides is 1. The Morgan fingerprint density at radius 1 is 1.56 bits per heavy atom. The molecule has 0 unspecified atom stereocenters. The van der Waals surface area contributed by atoms with Gasteiger partial charge < -0.3 is 19.9 Å². The topological polar surface area (TPSA) is 67.8 Å². The van der Waals surface area contributed by atoms with Crippen molar-refractivity contribution in [3.8, 4) is 0 Å². The van der Waals surface area contributed by atoms with Crippen LogP contribution < -0.4 is 5.32 Å². The van der Waals surface area contributed by atoms with Gasteiger partial charge in [0.05, 0.1) is 12.7 Å². The summed E-state index contributed by atoms with van der Waals surface area (Å²) in [7, 11) is 0. The maximum atomic E-state index is 11.5. The van der Waals surface area contributed by atoms with Gasteiger partial charge in [0.25, 0.3) is 0 Å². The lowest BCUT2D eigenvalue weighted by atomic mass is 10.0. The van der Waals surface area contributed by atoms with Gasteiger partial charge in [0.15, 0.2) is 0 Å². The predicted octanol–water partition coefficient (Wildman–Crippen LogP) is 1.05. The summed E-state index contributed by atoms with van der Waals surface area (Å²) >= 11 is 0. The first-order chi connectivity index (χ1) is 7.40. The monoisotopic (exact) mass is 231 g/mol. The minimum atomic E-state index is -0.481. The largest absolute Gasteiger partial charge is 0.444 e. The van der Waals surface area contributed by atoms with Crippen molar-refractivity contribution in [1.29, 1.82) is 0 Å². The molecule has 1 heterocycles. The molecule has 2 atom stereocenters. The SMILES string of the molecule is CC(C)(C)OC(=O)N[C@H]1CCO[C@@H](CO)C1. The number of aliphatic hydroxyl groups excluding tert-OH is 1. The van der Waals surface area contributed by atoms with Gasteiger partial charge in [-0.1, -0.05) is 0 Å². The van der Waals surface area contributed by atoms with Gasteiger partial charge in [-0.05, 0) is 33.6 Å². The molecular formula is C11H21NO4. The molecule has 0 aromatic rings. The molecule has 0 saturated carbocycles. The number of carbonyl (C=O) groups excluding carboxylic acids is 1. The van der Waals surface area contributed by atoms with Gasteiger partial charge >= 0.3 is 6.09 Å². The summed E-state index contributed by atoms with van der Waals surface area (Å²) in [6, 6.07) is 0.0285. The average molecular weight is 231 g/mol. The van der Waals surface area contributed by atoms with Crippen molar-refractivity contribution < 1.29 is 19.4 Å². The molecule has 94 valence electrons. The lowest BCUT2D eigenvalue weighted by Crippen LogP contribution is -2.44. The van der Waals surface area contributed by atoms with Gasteiger partial charge in [0.2, 0.25) is 0 Å². The smallest absolute Gasteiger partial charge is 0.407 e. The molecule has 0 spiro atoms. The van der Waals surface area contributed by atoms with Crippen LogP contribution in [0.2, 0.25) is 0 Å². The lowest BCUT2D eigenvalue weighted by molar-refractivity contribution is -0.0304. The van der Waals surface area contributed by atoms with E-state index in [0.717, 1.165) is 6.42 Å². The Labute approximate surface area is 96.1 Å². The average Bonchev–Trinajstić information content (AvgIpc) is 2.15. The molecule has 1 saturated heterocycles. The zero-order valence-electron chi connectivity index (χ0n) is 10.2. The van der Waals surface area contributed by atoms with Gasteiger partial charge in [0.1, 0.15) is 5.60 Å². The van der Waals surface area contributed by atoms with Crippen LogP contribution >= 0.6 is 0 Å². The number of ether oxygens (including phenoxy) is 2. The van der Waals surface area contributed by atoms with E-state index in [1.807, 2.05) is 20.8 Å². The summed E-state index contributed by atoms with van der Waals surface area (Å²) in [5, 5.41) is 11.7. The quantitative estimate of drug-likeness (QED) is 0.745. The molecule has 0 aliphatic carbocycles. The summed E-state index contributed by atoms with van der Waals surface area (Å²) < 4.78 is 10.5. The number of hydrogen-bond donors (Lipinski definition) is 2. The molecule has 16 heavy (non-hydrogen) atoms. The third-order valence-corrected chi connectivity index (χ3v) is 2.29. The van der Waals surface area contributed by atoms with Crippen LogP contribution in [-0.2, 0) is 9.47 Å². The molecule has 1 aliphatic rings. The Bertz CT molecular complexity index is 237. The number of aliphatic hydroxyl groups is 1. The van der Waals surface area contributed by atoms with Crippen LogP contribution in [0.1, 0.15) is 33.6 Å². The number of carbonyl (C=O) groups is 1. The fraction of sp³-hybridized carbons (Fsp3) is 0.909. The number of rotatable bonds is 2. The molecule has 0 aromatic heterocycles. The zero-order valence-corrected chi connectivity index (χ0v) is 10.2. The first-order valence-corrected chi connectivity index (χ1v) is 5.62. The van der Waals surface area contributed by atoms with Crippen molar-refractivity contribution in [2.75, 3.05) is 13.2 Å². The van der Waals surface area contributed by atoms with Gasteiger partial charge in [-0.25, -0.2) is 4.79 Å². The van der Waals surface area contributed by atoms with Crippen LogP contribution in [0.3, 0.4) is 0 Å². The summed E-state index contributed by atoms with van der Waals surface area (Å²) in [6.07, 6.45) is 0.815. The van der Waals surface area contributed by atoms with Crippen molar-refractivity contribution in [3.63, 3.8) is 0 Å². The van der Waals surface area contributed by atoms with E-state index in [-0.39, 0.29) is 18.8 Å². The van der Waals surface area contributed by atoms with E-state index in [1.54, 1.807) is 0 Å². The molecule has 0 aromatic carbocycles. The summed E-state index contributed by atoms with van der Waals surface area (Å²) in [4.78, 5) is 11.5. The highest BCUT2D eigenvalue weighted by Gasteiger charge is 2.25. The normalized spacial score (nSPS) is 26.2. The first kappa shape index (κ1) is 13.3. The minimum absolute atomic E-state index is 0.00744. The third kappa shape index (κ3) is 4.81. The van der Waals surface area contributed by atoms with Crippen LogP contribution in [0, 0.1) is 0 Å². The van der Waals surface area contributed by atoms with E-state index in [2.05, 4.69) is 5.32 Å². The molecule has 1 rings (SSSR count). The minimum Gasteiger partial charge on any atom is -0.444 e. The molecule has 0 radical (unpaired) electrons. The van der Waals surface area contributed by atoms with Gasteiger partial charge in [0, 0.05) is 12.6 Å². The van der Waals surface area contributed by atoms with Crippen LogP contribution in [0.25, 0.3) is 0 Å². The van der Waals surface area contributed by atoms with E-state index >= 15 is 0 Å². The maximum absolute atomic E-state index is 11.5. The highest BCUT2D eigenvalue weighted by molar-refractivity contribution is 5.68. The Kier molecular flexibility index (Phi) is 4.56. The number of hydrogen-bond acceptors (Lipinski definition) is 4. The van der Waals surface area contributed by atoms with Gasteiger partial charge in [-0.15, -0.1) is 0 Å². The molecule has 0 bridgehead atoms. The number of alkyl carbamates (subject to hydrolysis) is 1. The van der Waals surface area contributed by atoms with E-state index in [1.165, 1.54) is 0 Å². The molecule has 5 nitrogen and oxygen atoms in total. The van der Waals surface area contributed by atoms with Crippen LogP contribution in [0.15, 0.2) is 0 Å². The standard InChI is InChI=1S/C11H21NO4/c1-11(2,3)16-10(14)12-8-4-5-15-9(6-8)7-13/h8-9,13H,4-7H2,1-3H3,(H,12,14)/t8-,9+/m0/s1. The first-order valence-electron chi connectivity index (χ1n) is 5.62. The van der Waals surface area contributed by atoms with Gasteiger partial charge in [-0.3, -0.25) is 0 Å². The molecular weight excluding hydrogens is 210 g/mol. The van der Waals surface area contributed by atoms with Crippen LogP contribution in [0.5, 0.6) is 0 Å². The molecule has 1 fully saturated rings. The fourth-order valence-electron chi connectivity index (χ4n) is 1.61. The lowest BCUT2D eigenvalue weighted by Gasteiger charge is -2.30. The molecule has 1 amide bonds. The second-order valence-corrected chi connectivity index (χ2v) is 5.04. The van der Waals surface area contributed by atoms with E-state index < -0.39 is 11.7 Å². The molecule has 1 aliphatic heterocycles. The second kappa shape index (κ2) is 5.50. The van der Waals surface area contributed by atoms with Gasteiger partial charge in [-0.2, -0.15) is 0 Å². The third-order valence-electron chi connectivity index (χ3n) is 2.29. The Balaban J connectivity index is 2.33. The predicted molar refractivity (Wildman–Crippen MR) is 59.2 cm³/mol. The Morgan fingerprint density at radius 3 is 2.81 bits per heavy atom. The van der Waals surface area contributed by atoms with Crippen molar-refractivity contribution in [2.24, 2.45) is 0 Å². The summed E-state index contributed by atoms with van der Waals surface area (Å²) in [5.41, 5.74) is -0.481. The highest BCUT2D eigenvalue weighted by Crippen LogP contribution is 2.14. The van der Waals surface area contributed by atoms with E-state index in [9.17, 15) is 4.79 Å². The Morgan fingerprint density at radius 2 is 2.25 bits per heavy atom. The number of nitrogens with one attached hydrogen (secondary N) is 1.